The summed E-state index contributed by atoms with van der Waals surface area (Å²) in [6.45, 7) is 1.98. The van der Waals surface area contributed by atoms with E-state index < -0.39 is 0 Å². The Kier molecular flexibility index (Phi) is 3.18. The molecule has 1 aliphatic rings. The minimum absolute atomic E-state index is 0.00178. The molecule has 2 N–H and O–H groups in total. The van der Waals surface area contributed by atoms with Crippen LogP contribution in [0.2, 0.25) is 0 Å². The van der Waals surface area contributed by atoms with Crippen molar-refractivity contribution in [1.82, 2.24) is 19.7 Å². The lowest BCUT2D eigenvalue weighted by molar-refractivity contribution is -0.116. The minimum Gasteiger partial charge on any atom is -0.322 e. The number of hydrogen-bond acceptors (Lipinski definition) is 3. The maximum absolute atomic E-state index is 12.4. The Morgan fingerprint density at radius 1 is 1.08 bits per heavy atom. The third kappa shape index (κ3) is 2.23. The van der Waals surface area contributed by atoms with E-state index >= 15 is 0 Å². The Morgan fingerprint density at radius 2 is 1.85 bits per heavy atom. The monoisotopic (exact) mass is 343 g/mol. The molecular formula is C20H17N5O. The van der Waals surface area contributed by atoms with Crippen LogP contribution in [0.4, 0.5) is 5.82 Å². The van der Waals surface area contributed by atoms with Gasteiger partial charge >= 0.3 is 0 Å². The molecular weight excluding hydrogens is 326 g/mol. The van der Waals surface area contributed by atoms with E-state index in [1.54, 1.807) is 4.68 Å². The van der Waals surface area contributed by atoms with Gasteiger partial charge in [-0.15, -0.1) is 0 Å². The number of para-hydroxylation sites is 2. The zero-order valence-corrected chi connectivity index (χ0v) is 14.2. The topological polar surface area (TPSA) is 75.6 Å². The maximum atomic E-state index is 12.4. The van der Waals surface area contributed by atoms with E-state index in [1.807, 2.05) is 49.4 Å². The van der Waals surface area contributed by atoms with Crippen LogP contribution in [0, 0.1) is 6.92 Å². The van der Waals surface area contributed by atoms with E-state index in [4.69, 9.17) is 0 Å². The number of H-pyrrole nitrogens is 1. The van der Waals surface area contributed by atoms with E-state index in [-0.39, 0.29) is 11.8 Å². The number of amides is 1. The summed E-state index contributed by atoms with van der Waals surface area (Å²) >= 11 is 0. The summed E-state index contributed by atoms with van der Waals surface area (Å²) in [5.74, 6) is 1.29. The second kappa shape index (κ2) is 5.56. The van der Waals surface area contributed by atoms with Gasteiger partial charge in [0.2, 0.25) is 11.9 Å². The fourth-order valence-electron chi connectivity index (χ4n) is 3.71. The third-order valence-electron chi connectivity index (χ3n) is 4.88. The van der Waals surface area contributed by atoms with Crippen LogP contribution >= 0.6 is 0 Å². The summed E-state index contributed by atoms with van der Waals surface area (Å²) in [6.07, 6.45) is 0.420. The van der Waals surface area contributed by atoms with Gasteiger partial charge in [0, 0.05) is 17.9 Å². The first-order valence-electron chi connectivity index (χ1n) is 8.60. The van der Waals surface area contributed by atoms with Gasteiger partial charge in [0.15, 0.2) is 0 Å². The molecule has 0 fully saturated rings. The van der Waals surface area contributed by atoms with Gasteiger partial charge in [-0.1, -0.05) is 42.5 Å². The predicted molar refractivity (Wildman–Crippen MR) is 99.5 cm³/mol. The van der Waals surface area contributed by atoms with Crippen LogP contribution in [0.15, 0.2) is 54.6 Å². The molecule has 0 bridgehead atoms. The van der Waals surface area contributed by atoms with Gasteiger partial charge < -0.3 is 10.3 Å². The number of aromatic amines is 1. The lowest BCUT2D eigenvalue weighted by Crippen LogP contribution is -2.25. The fourth-order valence-corrected chi connectivity index (χ4v) is 3.71. The molecule has 0 unspecified atom stereocenters. The number of rotatable bonds is 2. The van der Waals surface area contributed by atoms with Crippen LogP contribution < -0.4 is 5.32 Å². The Hall–Kier alpha value is -3.41. The summed E-state index contributed by atoms with van der Waals surface area (Å²) in [5.41, 5.74) is 4.87. The molecule has 5 rings (SSSR count). The lowest BCUT2D eigenvalue weighted by Gasteiger charge is -2.24. The molecule has 128 valence electrons. The third-order valence-corrected chi connectivity index (χ3v) is 4.88. The zero-order valence-electron chi connectivity index (χ0n) is 14.2. The molecule has 0 radical (unpaired) electrons. The molecule has 0 aliphatic carbocycles. The average molecular weight is 343 g/mol. The molecule has 6 nitrogen and oxygen atoms in total. The number of fused-ring (bicyclic) bond motifs is 2. The van der Waals surface area contributed by atoms with Crippen molar-refractivity contribution >= 4 is 22.8 Å². The van der Waals surface area contributed by atoms with Crippen molar-refractivity contribution in [3.05, 3.63) is 71.4 Å². The first-order chi connectivity index (χ1) is 12.7. The molecule has 0 saturated carbocycles. The molecule has 26 heavy (non-hydrogen) atoms. The van der Waals surface area contributed by atoms with E-state index in [0.717, 1.165) is 27.9 Å². The molecule has 2 aromatic carbocycles. The summed E-state index contributed by atoms with van der Waals surface area (Å²) in [7, 11) is 0. The Bertz CT molecular complexity index is 1090. The van der Waals surface area contributed by atoms with Crippen LogP contribution in [0.25, 0.3) is 17.0 Å². The van der Waals surface area contributed by atoms with Crippen molar-refractivity contribution in [3.8, 4) is 5.95 Å². The van der Waals surface area contributed by atoms with Crippen molar-refractivity contribution in [2.75, 3.05) is 5.32 Å². The highest BCUT2D eigenvalue weighted by molar-refractivity contribution is 5.95. The van der Waals surface area contributed by atoms with Gasteiger partial charge in [-0.2, -0.15) is 9.78 Å². The maximum Gasteiger partial charge on any atom is 0.231 e. The number of aromatic nitrogens is 4. The quantitative estimate of drug-likeness (QED) is 0.584. The highest BCUT2D eigenvalue weighted by Crippen LogP contribution is 2.39. The van der Waals surface area contributed by atoms with E-state index in [9.17, 15) is 4.79 Å². The highest BCUT2D eigenvalue weighted by Gasteiger charge is 2.33. The van der Waals surface area contributed by atoms with E-state index in [1.165, 1.54) is 0 Å². The molecule has 2 aromatic heterocycles. The number of benzene rings is 2. The minimum atomic E-state index is -0.0105. The molecule has 6 heteroatoms. The number of nitrogens with zero attached hydrogens (tertiary/aromatic N) is 3. The normalized spacial score (nSPS) is 16.5. The lowest BCUT2D eigenvalue weighted by atomic mass is 9.86. The zero-order chi connectivity index (χ0) is 17.7. The predicted octanol–water partition coefficient (Wildman–Crippen LogP) is 3.53. The second-order valence-electron chi connectivity index (χ2n) is 6.55. The largest absolute Gasteiger partial charge is 0.322 e. The van der Waals surface area contributed by atoms with Gasteiger partial charge in [0.05, 0.1) is 16.7 Å². The van der Waals surface area contributed by atoms with Crippen molar-refractivity contribution in [2.45, 2.75) is 19.3 Å². The number of carbonyl (C=O) groups excluding carboxylic acids is 1. The first-order valence-corrected chi connectivity index (χ1v) is 8.60. The van der Waals surface area contributed by atoms with Crippen molar-refractivity contribution in [2.24, 2.45) is 0 Å². The smallest absolute Gasteiger partial charge is 0.231 e. The first kappa shape index (κ1) is 14.9. The van der Waals surface area contributed by atoms with Crippen LogP contribution in [0.3, 0.4) is 0 Å². The SMILES string of the molecule is Cc1nn(-c2nc3ccccc3[nH]2)c2c1[C@H](c1ccccc1)CC(=O)N2. The van der Waals surface area contributed by atoms with Crippen LogP contribution in [0.1, 0.15) is 29.2 Å². The van der Waals surface area contributed by atoms with Gasteiger partial charge in [0.25, 0.3) is 0 Å². The standard InChI is InChI=1S/C20H17N5O/c1-12-18-14(13-7-3-2-4-8-13)11-17(26)23-19(18)25(24-12)20-21-15-9-5-6-10-16(15)22-20/h2-10,14H,11H2,1H3,(H,21,22)(H,23,26)/t14-/m0/s1. The van der Waals surface area contributed by atoms with Crippen LogP contribution in [-0.2, 0) is 4.79 Å². The summed E-state index contributed by atoms with van der Waals surface area (Å²) < 4.78 is 1.71. The molecule has 1 aliphatic heterocycles. The average Bonchev–Trinajstić information content (AvgIpc) is 3.23. The van der Waals surface area contributed by atoms with Crippen molar-refractivity contribution in [3.63, 3.8) is 0 Å². The van der Waals surface area contributed by atoms with E-state index in [2.05, 4.69) is 32.5 Å². The highest BCUT2D eigenvalue weighted by atomic mass is 16.1. The number of hydrogen-bond donors (Lipinski definition) is 2. The molecule has 0 spiro atoms. The number of carbonyl (C=O) groups is 1. The molecule has 1 atom stereocenters. The number of nitrogens with one attached hydrogen (secondary N) is 2. The summed E-state index contributed by atoms with van der Waals surface area (Å²) in [6, 6.07) is 17.9. The molecule has 3 heterocycles. The van der Waals surface area contributed by atoms with Gasteiger partial charge in [-0.3, -0.25) is 4.79 Å². The molecule has 4 aromatic rings. The summed E-state index contributed by atoms with van der Waals surface area (Å²) in [5, 5.41) is 7.67. The van der Waals surface area contributed by atoms with Gasteiger partial charge in [-0.05, 0) is 24.6 Å². The van der Waals surface area contributed by atoms with Gasteiger partial charge in [0.1, 0.15) is 5.82 Å². The van der Waals surface area contributed by atoms with Crippen LogP contribution in [-0.4, -0.2) is 25.7 Å². The Labute approximate surface area is 149 Å². The van der Waals surface area contributed by atoms with Crippen LogP contribution in [0.5, 0.6) is 0 Å². The van der Waals surface area contributed by atoms with Crippen molar-refractivity contribution in [1.29, 1.82) is 0 Å². The Morgan fingerprint density at radius 3 is 2.65 bits per heavy atom. The van der Waals surface area contributed by atoms with Gasteiger partial charge in [-0.25, -0.2) is 4.98 Å². The number of imidazole rings is 1. The number of aryl methyl sites for hydroxylation is 1. The summed E-state index contributed by atoms with van der Waals surface area (Å²) in [4.78, 5) is 20.3. The Balaban J connectivity index is 1.69. The van der Waals surface area contributed by atoms with Crippen molar-refractivity contribution < 1.29 is 4.79 Å². The molecule has 0 saturated heterocycles. The fraction of sp³-hybridized carbons (Fsp3) is 0.150. The molecule has 1 amide bonds. The number of anilines is 1. The second-order valence-corrected chi connectivity index (χ2v) is 6.55. The van der Waals surface area contributed by atoms with E-state index in [0.29, 0.717) is 18.2 Å².